The fourth-order valence-electron chi connectivity index (χ4n) is 3.21. The summed E-state index contributed by atoms with van der Waals surface area (Å²) in [5.74, 6) is 3.07. The van der Waals surface area contributed by atoms with E-state index in [0.717, 1.165) is 30.5 Å². The molecule has 2 N–H and O–H groups in total. The van der Waals surface area contributed by atoms with Crippen LogP contribution in [0.15, 0.2) is 26.9 Å². The first-order valence-corrected chi connectivity index (χ1v) is 10.1. The summed E-state index contributed by atoms with van der Waals surface area (Å²) in [6, 6.07) is 4.36. The Kier molecular flexibility index (Phi) is 9.04. The van der Waals surface area contributed by atoms with Gasteiger partial charge in [0, 0.05) is 25.0 Å². The van der Waals surface area contributed by atoms with Gasteiger partial charge in [-0.25, -0.2) is 4.98 Å². The lowest BCUT2D eigenvalue weighted by molar-refractivity contribution is 0.179. The molecule has 0 aromatic carbocycles. The Labute approximate surface area is 182 Å². The zero-order valence-electron chi connectivity index (χ0n) is 16.3. The second kappa shape index (κ2) is 11.0. The summed E-state index contributed by atoms with van der Waals surface area (Å²) in [6.07, 6.45) is 2.46. The van der Waals surface area contributed by atoms with E-state index in [1.165, 1.54) is 30.8 Å². The first-order chi connectivity index (χ1) is 12.6. The summed E-state index contributed by atoms with van der Waals surface area (Å²) in [5, 5.41) is 8.88. The van der Waals surface area contributed by atoms with Crippen LogP contribution in [0.25, 0.3) is 0 Å². The van der Waals surface area contributed by atoms with E-state index in [4.69, 9.17) is 4.42 Å². The number of piperidine rings is 1. The van der Waals surface area contributed by atoms with Crippen LogP contribution in [-0.4, -0.2) is 42.5 Å². The molecule has 1 fully saturated rings. The van der Waals surface area contributed by atoms with Gasteiger partial charge in [-0.2, -0.15) is 0 Å². The quantitative estimate of drug-likeness (QED) is 0.359. The van der Waals surface area contributed by atoms with Gasteiger partial charge in [0.1, 0.15) is 5.76 Å². The lowest BCUT2D eigenvalue weighted by Gasteiger charge is -2.32. The van der Waals surface area contributed by atoms with Gasteiger partial charge < -0.3 is 15.1 Å². The van der Waals surface area contributed by atoms with E-state index >= 15 is 0 Å². The first kappa shape index (κ1) is 22.2. The van der Waals surface area contributed by atoms with E-state index in [2.05, 4.69) is 43.0 Å². The highest BCUT2D eigenvalue weighted by atomic mass is 127. The maximum Gasteiger partial charge on any atom is 0.214 e. The second-order valence-corrected chi connectivity index (χ2v) is 7.89. The second-order valence-electron chi connectivity index (χ2n) is 6.85. The van der Waals surface area contributed by atoms with Crippen molar-refractivity contribution in [2.24, 2.45) is 10.9 Å². The molecule has 0 bridgehead atoms. The molecule has 1 aliphatic heterocycles. The fourth-order valence-corrected chi connectivity index (χ4v) is 3.95. The van der Waals surface area contributed by atoms with E-state index in [1.807, 2.05) is 25.2 Å². The molecule has 0 aliphatic carbocycles. The van der Waals surface area contributed by atoms with Crippen LogP contribution in [0.4, 0.5) is 0 Å². The van der Waals surface area contributed by atoms with Crippen LogP contribution in [-0.2, 0) is 13.1 Å². The van der Waals surface area contributed by atoms with Gasteiger partial charge in [-0.3, -0.25) is 9.89 Å². The third-order valence-electron chi connectivity index (χ3n) is 4.93. The lowest BCUT2D eigenvalue weighted by Crippen LogP contribution is -2.42. The van der Waals surface area contributed by atoms with E-state index in [-0.39, 0.29) is 24.0 Å². The van der Waals surface area contributed by atoms with E-state index in [1.54, 1.807) is 7.05 Å². The molecular weight excluding hydrogens is 473 g/mol. The zero-order valence-corrected chi connectivity index (χ0v) is 19.5. The highest BCUT2D eigenvalue weighted by Crippen LogP contribution is 2.20. The number of rotatable bonds is 6. The van der Waals surface area contributed by atoms with Gasteiger partial charge in [-0.15, -0.1) is 35.3 Å². The van der Waals surface area contributed by atoms with Gasteiger partial charge in [0.25, 0.3) is 0 Å². The number of oxazole rings is 1. The molecule has 2 aromatic heterocycles. The van der Waals surface area contributed by atoms with Gasteiger partial charge in [-0.1, -0.05) is 6.07 Å². The summed E-state index contributed by atoms with van der Waals surface area (Å²) in [6.45, 7) is 8.83. The monoisotopic (exact) mass is 503 g/mol. The Bertz CT molecular complexity index is 688. The molecule has 2 aromatic rings. The van der Waals surface area contributed by atoms with Crippen molar-refractivity contribution in [2.45, 2.75) is 39.8 Å². The molecule has 0 radical (unpaired) electrons. The van der Waals surface area contributed by atoms with Crippen LogP contribution in [0.2, 0.25) is 0 Å². The molecule has 0 saturated carbocycles. The fraction of sp³-hybridized carbons (Fsp3) is 0.579. The van der Waals surface area contributed by atoms with Crippen molar-refractivity contribution in [1.82, 2.24) is 20.5 Å². The zero-order chi connectivity index (χ0) is 18.4. The van der Waals surface area contributed by atoms with Gasteiger partial charge in [0.15, 0.2) is 5.96 Å². The molecule has 0 spiro atoms. The number of aryl methyl sites for hydroxylation is 2. The minimum Gasteiger partial charge on any atom is -0.444 e. The molecule has 1 aliphatic rings. The Morgan fingerprint density at radius 2 is 2.11 bits per heavy atom. The predicted molar refractivity (Wildman–Crippen MR) is 122 cm³/mol. The average Bonchev–Trinajstić information content (AvgIpc) is 3.26. The Morgan fingerprint density at radius 3 is 2.70 bits per heavy atom. The number of nitrogens with one attached hydrogen (secondary N) is 2. The van der Waals surface area contributed by atoms with Crippen LogP contribution < -0.4 is 10.6 Å². The van der Waals surface area contributed by atoms with Crippen molar-refractivity contribution < 1.29 is 4.42 Å². The number of hydrogen-bond donors (Lipinski definition) is 2. The molecule has 1 saturated heterocycles. The minimum atomic E-state index is 0. The Morgan fingerprint density at radius 1 is 1.33 bits per heavy atom. The van der Waals surface area contributed by atoms with Crippen molar-refractivity contribution in [3.63, 3.8) is 0 Å². The van der Waals surface area contributed by atoms with Crippen LogP contribution in [0.1, 0.15) is 35.1 Å². The minimum absolute atomic E-state index is 0. The molecule has 150 valence electrons. The molecule has 0 atom stereocenters. The van der Waals surface area contributed by atoms with Crippen LogP contribution in [0.5, 0.6) is 0 Å². The maximum atomic E-state index is 5.60. The van der Waals surface area contributed by atoms with Gasteiger partial charge in [0.2, 0.25) is 5.89 Å². The van der Waals surface area contributed by atoms with E-state index < -0.39 is 0 Å². The number of aliphatic imine (C=N–C) groups is 1. The molecule has 0 amide bonds. The number of halogens is 1. The highest BCUT2D eigenvalue weighted by Gasteiger charge is 2.19. The van der Waals surface area contributed by atoms with Crippen molar-refractivity contribution >= 4 is 41.3 Å². The van der Waals surface area contributed by atoms with Crippen LogP contribution in [0.3, 0.4) is 0 Å². The number of guanidine groups is 1. The standard InChI is InChI=1S/C19H29N5OS.HI/c1-14-15(2)25-18(23-14)12-22-19(20-3)21-11-16-6-8-24(9-7-16)13-17-5-4-10-26-17;/h4-5,10,16H,6-9,11-13H2,1-3H3,(H2,20,21,22);1H. The smallest absolute Gasteiger partial charge is 0.214 e. The normalized spacial score (nSPS) is 16.2. The van der Waals surface area contributed by atoms with Gasteiger partial charge >= 0.3 is 0 Å². The van der Waals surface area contributed by atoms with Gasteiger partial charge in [-0.05, 0) is 57.1 Å². The average molecular weight is 503 g/mol. The van der Waals surface area contributed by atoms with Crippen molar-refractivity contribution in [3.8, 4) is 0 Å². The van der Waals surface area contributed by atoms with Crippen molar-refractivity contribution in [3.05, 3.63) is 39.7 Å². The maximum absolute atomic E-state index is 5.60. The lowest BCUT2D eigenvalue weighted by atomic mass is 9.97. The number of likely N-dealkylation sites (tertiary alicyclic amines) is 1. The topological polar surface area (TPSA) is 65.7 Å². The predicted octanol–water partition coefficient (Wildman–Crippen LogP) is 3.55. The molecule has 0 unspecified atom stereocenters. The summed E-state index contributed by atoms with van der Waals surface area (Å²) < 4.78 is 5.60. The van der Waals surface area contributed by atoms with Crippen molar-refractivity contribution in [2.75, 3.05) is 26.7 Å². The summed E-state index contributed by atoms with van der Waals surface area (Å²) >= 11 is 1.85. The van der Waals surface area contributed by atoms with E-state index in [0.29, 0.717) is 18.4 Å². The summed E-state index contributed by atoms with van der Waals surface area (Å²) in [7, 11) is 1.80. The van der Waals surface area contributed by atoms with Gasteiger partial charge in [0.05, 0.1) is 12.2 Å². The molecule has 3 rings (SSSR count). The number of aromatic nitrogens is 1. The van der Waals surface area contributed by atoms with E-state index in [9.17, 15) is 0 Å². The Balaban J connectivity index is 0.00000261. The molecule has 8 heteroatoms. The first-order valence-electron chi connectivity index (χ1n) is 9.26. The van der Waals surface area contributed by atoms with Crippen LogP contribution in [0, 0.1) is 19.8 Å². The number of hydrogen-bond acceptors (Lipinski definition) is 5. The largest absolute Gasteiger partial charge is 0.444 e. The molecule has 3 heterocycles. The van der Waals surface area contributed by atoms with Crippen LogP contribution >= 0.6 is 35.3 Å². The molecule has 27 heavy (non-hydrogen) atoms. The van der Waals surface area contributed by atoms with Crippen molar-refractivity contribution in [1.29, 1.82) is 0 Å². The Hall–Kier alpha value is -1.13. The molecular formula is C19H30IN5OS. The third kappa shape index (κ3) is 6.76. The third-order valence-corrected chi connectivity index (χ3v) is 5.79. The summed E-state index contributed by atoms with van der Waals surface area (Å²) in [4.78, 5) is 12.7. The highest BCUT2D eigenvalue weighted by molar-refractivity contribution is 14.0. The molecule has 6 nitrogen and oxygen atoms in total. The summed E-state index contributed by atoms with van der Waals surface area (Å²) in [5.41, 5.74) is 0.944. The number of thiophene rings is 1. The SMILES string of the molecule is CN=C(NCc1nc(C)c(C)o1)NCC1CCN(Cc2cccs2)CC1.I. The number of nitrogens with zero attached hydrogens (tertiary/aromatic N) is 3.